The minimum atomic E-state index is 0.578. The van der Waals surface area contributed by atoms with Crippen LogP contribution in [0.15, 0.2) is 6.07 Å². The number of aromatic nitrogens is 1. The van der Waals surface area contributed by atoms with Crippen molar-refractivity contribution in [3.63, 3.8) is 0 Å². The molecular weight excluding hydrogens is 308 g/mol. The predicted molar refractivity (Wildman–Crippen MR) is 90.4 cm³/mol. The summed E-state index contributed by atoms with van der Waals surface area (Å²) >= 11 is 7.91. The van der Waals surface area contributed by atoms with E-state index >= 15 is 0 Å². The van der Waals surface area contributed by atoms with Gasteiger partial charge in [-0.05, 0) is 19.8 Å². The maximum Gasteiger partial charge on any atom is 0.184 e. The van der Waals surface area contributed by atoms with Gasteiger partial charge in [0.1, 0.15) is 16.0 Å². The zero-order chi connectivity index (χ0) is 15.2. The van der Waals surface area contributed by atoms with Crippen molar-refractivity contribution in [2.75, 3.05) is 25.1 Å². The summed E-state index contributed by atoms with van der Waals surface area (Å²) in [6, 6.07) is 1.81. The molecule has 0 spiro atoms. The van der Waals surface area contributed by atoms with E-state index in [-0.39, 0.29) is 0 Å². The van der Waals surface area contributed by atoms with Gasteiger partial charge in [0.15, 0.2) is 10.9 Å². The second-order valence-corrected chi connectivity index (χ2v) is 6.02. The molecule has 0 aliphatic heterocycles. The van der Waals surface area contributed by atoms with E-state index in [0.717, 1.165) is 40.5 Å². The van der Waals surface area contributed by atoms with Gasteiger partial charge in [-0.25, -0.2) is 4.98 Å². The zero-order valence-corrected chi connectivity index (χ0v) is 14.2. The van der Waals surface area contributed by atoms with Crippen LogP contribution < -0.4 is 14.8 Å². The number of rotatable bonds is 8. The Labute approximate surface area is 134 Å². The Morgan fingerprint density at radius 1 is 1.19 bits per heavy atom. The second kappa shape index (κ2) is 7.71. The first-order chi connectivity index (χ1) is 10.2. The smallest absolute Gasteiger partial charge is 0.184 e. The number of nitrogens with zero attached hydrogens (tertiary/aromatic N) is 1. The first kappa shape index (κ1) is 16.2. The van der Waals surface area contributed by atoms with E-state index in [9.17, 15) is 0 Å². The summed E-state index contributed by atoms with van der Waals surface area (Å²) in [4.78, 5) is 4.61. The molecule has 1 N–H and O–H groups in total. The highest BCUT2D eigenvalue weighted by atomic mass is 35.5. The fraction of sp³-hybridized carbons (Fsp3) is 0.533. The minimum absolute atomic E-state index is 0.578. The van der Waals surface area contributed by atoms with Crippen LogP contribution >= 0.6 is 22.9 Å². The molecule has 0 saturated heterocycles. The summed E-state index contributed by atoms with van der Waals surface area (Å²) in [5, 5.41) is 4.67. The lowest BCUT2D eigenvalue weighted by molar-refractivity contribution is 0.314. The van der Waals surface area contributed by atoms with E-state index in [1.807, 2.05) is 6.92 Å². The van der Waals surface area contributed by atoms with Gasteiger partial charge in [-0.15, -0.1) is 0 Å². The van der Waals surface area contributed by atoms with Gasteiger partial charge in [0, 0.05) is 12.6 Å². The highest BCUT2D eigenvalue weighted by molar-refractivity contribution is 7.22. The molecule has 1 heterocycles. The van der Waals surface area contributed by atoms with E-state index < -0.39 is 0 Å². The van der Waals surface area contributed by atoms with Gasteiger partial charge in [0.25, 0.3) is 0 Å². The summed E-state index contributed by atoms with van der Waals surface area (Å²) in [6.07, 6.45) is 1.88. The fourth-order valence-electron chi connectivity index (χ4n) is 1.89. The molecule has 4 nitrogen and oxygen atoms in total. The molecule has 1 aromatic heterocycles. The molecule has 0 aliphatic carbocycles. The van der Waals surface area contributed by atoms with E-state index in [1.54, 1.807) is 17.4 Å². The number of benzene rings is 1. The summed E-state index contributed by atoms with van der Waals surface area (Å²) in [5.41, 5.74) is 0.819. The van der Waals surface area contributed by atoms with Gasteiger partial charge in [-0.2, -0.15) is 0 Å². The van der Waals surface area contributed by atoms with Gasteiger partial charge >= 0.3 is 0 Å². The number of hydrogen-bond donors (Lipinski definition) is 1. The number of nitrogens with one attached hydrogen (secondary N) is 1. The molecular formula is C15H21ClN2O2S. The van der Waals surface area contributed by atoms with Crippen molar-refractivity contribution in [1.29, 1.82) is 0 Å². The average molecular weight is 329 g/mol. The fourth-order valence-corrected chi connectivity index (χ4v) is 3.24. The van der Waals surface area contributed by atoms with Crippen LogP contribution in [0, 0.1) is 0 Å². The maximum absolute atomic E-state index is 6.36. The van der Waals surface area contributed by atoms with Crippen LogP contribution in [0.3, 0.4) is 0 Å². The Bertz CT molecular complexity index is 601. The number of ether oxygens (including phenoxy) is 2. The topological polar surface area (TPSA) is 43.4 Å². The molecule has 0 amide bonds. The van der Waals surface area contributed by atoms with Crippen molar-refractivity contribution >= 4 is 38.3 Å². The Hall–Kier alpha value is -1.20. The van der Waals surface area contributed by atoms with Gasteiger partial charge in [0.05, 0.1) is 18.2 Å². The molecule has 2 rings (SSSR count). The third kappa shape index (κ3) is 3.71. The Kier molecular flexibility index (Phi) is 5.94. The van der Waals surface area contributed by atoms with Crippen LogP contribution in [-0.4, -0.2) is 24.7 Å². The van der Waals surface area contributed by atoms with Crippen molar-refractivity contribution in [2.24, 2.45) is 0 Å². The van der Waals surface area contributed by atoms with Gasteiger partial charge < -0.3 is 14.8 Å². The normalized spacial score (nSPS) is 10.9. The molecule has 0 fully saturated rings. The lowest BCUT2D eigenvalue weighted by Gasteiger charge is -2.11. The van der Waals surface area contributed by atoms with Crippen LogP contribution in [-0.2, 0) is 0 Å². The Morgan fingerprint density at radius 3 is 2.57 bits per heavy atom. The molecule has 0 saturated carbocycles. The number of halogens is 1. The summed E-state index contributed by atoms with van der Waals surface area (Å²) < 4.78 is 12.5. The number of fused-ring (bicyclic) bond motifs is 1. The predicted octanol–water partition coefficient (Wildman–Crippen LogP) is 4.96. The summed E-state index contributed by atoms with van der Waals surface area (Å²) in [6.45, 7) is 8.29. The molecule has 0 bridgehead atoms. The monoisotopic (exact) mass is 328 g/mol. The van der Waals surface area contributed by atoms with E-state index in [4.69, 9.17) is 21.1 Å². The molecule has 2 aromatic rings. The number of thiazole rings is 1. The molecule has 116 valence electrons. The van der Waals surface area contributed by atoms with Gasteiger partial charge in [0.2, 0.25) is 0 Å². The lowest BCUT2D eigenvalue weighted by atomic mass is 10.3. The number of anilines is 1. The van der Waals surface area contributed by atoms with Crippen LogP contribution in [0.2, 0.25) is 5.02 Å². The van der Waals surface area contributed by atoms with Crippen molar-refractivity contribution in [1.82, 2.24) is 4.98 Å². The quantitative estimate of drug-likeness (QED) is 0.743. The SMILES string of the molecule is CCCOc1cc(Cl)c(OCCC)c2sc(NCC)nc12. The van der Waals surface area contributed by atoms with Crippen LogP contribution in [0.4, 0.5) is 5.13 Å². The summed E-state index contributed by atoms with van der Waals surface area (Å²) in [5.74, 6) is 1.43. The van der Waals surface area contributed by atoms with Crippen molar-refractivity contribution in [3.05, 3.63) is 11.1 Å². The molecule has 1 aromatic carbocycles. The largest absolute Gasteiger partial charge is 0.491 e. The van der Waals surface area contributed by atoms with Crippen LogP contribution in [0.25, 0.3) is 10.2 Å². The first-order valence-corrected chi connectivity index (χ1v) is 8.53. The molecule has 0 aliphatic rings. The van der Waals surface area contributed by atoms with Crippen molar-refractivity contribution < 1.29 is 9.47 Å². The maximum atomic E-state index is 6.36. The average Bonchev–Trinajstić information content (AvgIpc) is 2.88. The molecule has 0 radical (unpaired) electrons. The third-order valence-corrected chi connectivity index (χ3v) is 4.07. The van der Waals surface area contributed by atoms with E-state index in [2.05, 4.69) is 24.1 Å². The highest BCUT2D eigenvalue weighted by Crippen LogP contribution is 2.44. The lowest BCUT2D eigenvalue weighted by Crippen LogP contribution is -1.99. The van der Waals surface area contributed by atoms with E-state index in [1.165, 1.54) is 0 Å². The van der Waals surface area contributed by atoms with Gasteiger partial charge in [-0.3, -0.25) is 0 Å². The highest BCUT2D eigenvalue weighted by Gasteiger charge is 2.18. The first-order valence-electron chi connectivity index (χ1n) is 7.33. The molecule has 0 unspecified atom stereocenters. The van der Waals surface area contributed by atoms with Crippen LogP contribution in [0.5, 0.6) is 11.5 Å². The second-order valence-electron chi connectivity index (χ2n) is 4.61. The molecule has 0 atom stereocenters. The van der Waals surface area contributed by atoms with Crippen molar-refractivity contribution in [2.45, 2.75) is 33.6 Å². The molecule has 6 heteroatoms. The third-order valence-electron chi connectivity index (χ3n) is 2.78. The standard InChI is InChI=1S/C15H21ClN2O2S/c1-4-7-19-11-9-10(16)13(20-8-5-2)14-12(11)18-15(21-14)17-6-3/h9H,4-8H2,1-3H3,(H,17,18). The van der Waals surface area contributed by atoms with E-state index in [0.29, 0.717) is 24.0 Å². The zero-order valence-electron chi connectivity index (χ0n) is 12.7. The van der Waals surface area contributed by atoms with Crippen LogP contribution in [0.1, 0.15) is 33.6 Å². The Balaban J connectivity index is 2.49. The van der Waals surface area contributed by atoms with Crippen molar-refractivity contribution in [3.8, 4) is 11.5 Å². The van der Waals surface area contributed by atoms with Gasteiger partial charge in [-0.1, -0.05) is 36.8 Å². The minimum Gasteiger partial charge on any atom is -0.491 e. The number of hydrogen-bond acceptors (Lipinski definition) is 5. The Morgan fingerprint density at radius 2 is 1.90 bits per heavy atom. The summed E-state index contributed by atoms with van der Waals surface area (Å²) in [7, 11) is 0. The molecule has 21 heavy (non-hydrogen) atoms.